The molecule has 1 aromatic heterocycles. The summed E-state index contributed by atoms with van der Waals surface area (Å²) in [6.45, 7) is 11.2. The number of aliphatic hydroxyl groups excluding tert-OH is 1. The third-order valence-electron chi connectivity index (χ3n) is 4.65. The summed E-state index contributed by atoms with van der Waals surface area (Å²) in [5.41, 5.74) is 4.86. The quantitative estimate of drug-likeness (QED) is 0.812. The Bertz CT molecular complexity index is 607. The first-order chi connectivity index (χ1) is 11.1. The predicted octanol–water partition coefficient (Wildman–Crippen LogP) is 3.29. The van der Waals surface area contributed by atoms with E-state index < -0.39 is 0 Å². The van der Waals surface area contributed by atoms with Crippen LogP contribution in [0.3, 0.4) is 0 Å². The maximum atomic E-state index is 9.18. The second-order valence-corrected chi connectivity index (χ2v) is 6.24. The van der Waals surface area contributed by atoms with Gasteiger partial charge in [0.05, 0.1) is 18.8 Å². The standard InChI is InChI=1S/C19H29N3O/c1-5-15(2)21(13-18-9-7-6-8-10-18)14-19-16(3)20-22(11-12-23)17(19)4/h6-10,15,23H,5,11-14H2,1-4H3. The summed E-state index contributed by atoms with van der Waals surface area (Å²) in [6, 6.07) is 11.1. The fraction of sp³-hybridized carbons (Fsp3) is 0.526. The molecular formula is C19H29N3O. The highest BCUT2D eigenvalue weighted by atomic mass is 16.3. The third-order valence-corrected chi connectivity index (χ3v) is 4.65. The molecule has 0 saturated heterocycles. The minimum atomic E-state index is 0.125. The van der Waals surface area contributed by atoms with Crippen LogP contribution in [-0.2, 0) is 19.6 Å². The third kappa shape index (κ3) is 4.43. The first-order valence-corrected chi connectivity index (χ1v) is 8.48. The molecule has 1 heterocycles. The van der Waals surface area contributed by atoms with Crippen molar-refractivity contribution in [3.63, 3.8) is 0 Å². The Labute approximate surface area is 139 Å². The fourth-order valence-electron chi connectivity index (χ4n) is 2.92. The molecule has 23 heavy (non-hydrogen) atoms. The van der Waals surface area contributed by atoms with Gasteiger partial charge in [-0.3, -0.25) is 9.58 Å². The summed E-state index contributed by atoms with van der Waals surface area (Å²) in [6.07, 6.45) is 1.12. The maximum Gasteiger partial charge on any atom is 0.0644 e. The molecule has 2 aromatic rings. The van der Waals surface area contributed by atoms with E-state index >= 15 is 0 Å². The van der Waals surface area contributed by atoms with Crippen molar-refractivity contribution >= 4 is 0 Å². The van der Waals surface area contributed by atoms with Crippen LogP contribution in [0.5, 0.6) is 0 Å². The van der Waals surface area contributed by atoms with Crippen LogP contribution in [0.2, 0.25) is 0 Å². The lowest BCUT2D eigenvalue weighted by molar-refractivity contribution is 0.185. The summed E-state index contributed by atoms with van der Waals surface area (Å²) in [5.74, 6) is 0. The molecule has 0 saturated carbocycles. The molecule has 1 atom stereocenters. The first kappa shape index (κ1) is 17.7. The molecule has 4 heteroatoms. The summed E-state index contributed by atoms with van der Waals surface area (Å²) in [4.78, 5) is 2.51. The van der Waals surface area contributed by atoms with Gasteiger partial charge < -0.3 is 5.11 Å². The molecule has 2 rings (SSSR count). The zero-order valence-electron chi connectivity index (χ0n) is 14.8. The highest BCUT2D eigenvalue weighted by Crippen LogP contribution is 2.20. The van der Waals surface area contributed by atoms with Gasteiger partial charge in [-0.1, -0.05) is 37.3 Å². The van der Waals surface area contributed by atoms with E-state index in [1.165, 1.54) is 11.1 Å². The van der Waals surface area contributed by atoms with Crippen molar-refractivity contribution in [3.05, 3.63) is 52.8 Å². The fourth-order valence-corrected chi connectivity index (χ4v) is 2.92. The normalized spacial score (nSPS) is 12.8. The Hall–Kier alpha value is -1.65. The van der Waals surface area contributed by atoms with Gasteiger partial charge in [-0.2, -0.15) is 5.10 Å². The van der Waals surface area contributed by atoms with Crippen LogP contribution in [0.25, 0.3) is 0 Å². The molecule has 0 aliphatic heterocycles. The second kappa shape index (κ2) is 8.27. The molecule has 0 aliphatic rings. The first-order valence-electron chi connectivity index (χ1n) is 8.48. The van der Waals surface area contributed by atoms with E-state index in [1.54, 1.807) is 0 Å². The van der Waals surface area contributed by atoms with E-state index in [0.29, 0.717) is 12.6 Å². The van der Waals surface area contributed by atoms with E-state index in [-0.39, 0.29) is 6.61 Å². The lowest BCUT2D eigenvalue weighted by Crippen LogP contribution is -2.32. The van der Waals surface area contributed by atoms with Crippen molar-refractivity contribution < 1.29 is 5.11 Å². The Morgan fingerprint density at radius 2 is 1.87 bits per heavy atom. The molecule has 126 valence electrons. The van der Waals surface area contributed by atoms with Crippen LogP contribution < -0.4 is 0 Å². The molecule has 0 bridgehead atoms. The Morgan fingerprint density at radius 1 is 1.17 bits per heavy atom. The largest absolute Gasteiger partial charge is 0.394 e. The molecule has 4 nitrogen and oxygen atoms in total. The molecule has 0 amide bonds. The van der Waals surface area contributed by atoms with E-state index in [4.69, 9.17) is 0 Å². The van der Waals surface area contributed by atoms with Crippen LogP contribution in [-0.4, -0.2) is 32.4 Å². The number of hydrogen-bond donors (Lipinski definition) is 1. The topological polar surface area (TPSA) is 41.3 Å². The number of benzene rings is 1. The summed E-state index contributed by atoms with van der Waals surface area (Å²) < 4.78 is 1.92. The predicted molar refractivity (Wildman–Crippen MR) is 94.2 cm³/mol. The van der Waals surface area contributed by atoms with Crippen molar-refractivity contribution in [1.82, 2.24) is 14.7 Å². The minimum Gasteiger partial charge on any atom is -0.394 e. The van der Waals surface area contributed by atoms with Gasteiger partial charge in [-0.15, -0.1) is 0 Å². The van der Waals surface area contributed by atoms with Gasteiger partial charge in [0.2, 0.25) is 0 Å². The maximum absolute atomic E-state index is 9.18. The SMILES string of the molecule is CCC(C)N(Cc1ccccc1)Cc1c(C)nn(CCO)c1C. The van der Waals surface area contributed by atoms with Gasteiger partial charge in [0.15, 0.2) is 0 Å². The monoisotopic (exact) mass is 315 g/mol. The van der Waals surface area contributed by atoms with Crippen LogP contribution in [0.15, 0.2) is 30.3 Å². The molecule has 0 fully saturated rings. The highest BCUT2D eigenvalue weighted by molar-refractivity contribution is 5.25. The molecular weight excluding hydrogens is 286 g/mol. The van der Waals surface area contributed by atoms with E-state index in [2.05, 4.69) is 68.0 Å². The van der Waals surface area contributed by atoms with Crippen molar-refractivity contribution in [2.75, 3.05) is 6.61 Å². The van der Waals surface area contributed by atoms with Gasteiger partial charge in [-0.25, -0.2) is 0 Å². The molecule has 0 radical (unpaired) electrons. The Morgan fingerprint density at radius 3 is 2.48 bits per heavy atom. The molecule has 1 unspecified atom stereocenters. The van der Waals surface area contributed by atoms with Crippen molar-refractivity contribution in [1.29, 1.82) is 0 Å². The van der Waals surface area contributed by atoms with Gasteiger partial charge in [0, 0.05) is 30.4 Å². The molecule has 0 aliphatic carbocycles. The number of aromatic nitrogens is 2. The number of aryl methyl sites for hydroxylation is 1. The van der Waals surface area contributed by atoms with Crippen molar-refractivity contribution in [2.45, 2.75) is 59.8 Å². The number of aliphatic hydroxyl groups is 1. The molecule has 0 spiro atoms. The van der Waals surface area contributed by atoms with E-state index in [0.717, 1.165) is 30.9 Å². The average molecular weight is 315 g/mol. The second-order valence-electron chi connectivity index (χ2n) is 6.24. The summed E-state index contributed by atoms with van der Waals surface area (Å²) in [7, 11) is 0. The van der Waals surface area contributed by atoms with E-state index in [1.807, 2.05) is 4.68 Å². The van der Waals surface area contributed by atoms with Crippen molar-refractivity contribution in [2.24, 2.45) is 0 Å². The van der Waals surface area contributed by atoms with Crippen LogP contribution in [0.1, 0.15) is 42.8 Å². The van der Waals surface area contributed by atoms with Gasteiger partial charge in [-0.05, 0) is 32.8 Å². The minimum absolute atomic E-state index is 0.125. The van der Waals surface area contributed by atoms with Crippen molar-refractivity contribution in [3.8, 4) is 0 Å². The zero-order chi connectivity index (χ0) is 16.8. The highest BCUT2D eigenvalue weighted by Gasteiger charge is 2.18. The molecule has 1 aromatic carbocycles. The van der Waals surface area contributed by atoms with Gasteiger partial charge >= 0.3 is 0 Å². The number of hydrogen-bond acceptors (Lipinski definition) is 3. The van der Waals surface area contributed by atoms with Crippen LogP contribution >= 0.6 is 0 Å². The van der Waals surface area contributed by atoms with Crippen LogP contribution in [0.4, 0.5) is 0 Å². The Kier molecular flexibility index (Phi) is 6.37. The van der Waals surface area contributed by atoms with Crippen LogP contribution in [0, 0.1) is 13.8 Å². The molecule has 1 N–H and O–H groups in total. The van der Waals surface area contributed by atoms with E-state index in [9.17, 15) is 5.11 Å². The summed E-state index contributed by atoms with van der Waals surface area (Å²) >= 11 is 0. The Balaban J connectivity index is 2.21. The smallest absolute Gasteiger partial charge is 0.0644 e. The number of rotatable bonds is 8. The lowest BCUT2D eigenvalue weighted by atomic mass is 10.1. The zero-order valence-corrected chi connectivity index (χ0v) is 14.8. The average Bonchev–Trinajstić information content (AvgIpc) is 2.82. The number of nitrogens with zero attached hydrogens (tertiary/aromatic N) is 3. The van der Waals surface area contributed by atoms with Gasteiger partial charge in [0.25, 0.3) is 0 Å². The lowest BCUT2D eigenvalue weighted by Gasteiger charge is -2.28. The van der Waals surface area contributed by atoms with Gasteiger partial charge in [0.1, 0.15) is 0 Å². The summed E-state index contributed by atoms with van der Waals surface area (Å²) in [5, 5.41) is 13.8.